The fourth-order valence-electron chi connectivity index (χ4n) is 1.26. The van der Waals surface area contributed by atoms with E-state index >= 15 is 0 Å². The number of amides is 1. The van der Waals surface area contributed by atoms with Gasteiger partial charge in [0.15, 0.2) is 0 Å². The van der Waals surface area contributed by atoms with Crippen molar-refractivity contribution in [3.8, 4) is 11.5 Å². The number of rotatable bonds is 6. The van der Waals surface area contributed by atoms with Gasteiger partial charge in [-0.15, -0.1) is 0 Å². The Hall–Kier alpha value is -2.38. The third-order valence-corrected chi connectivity index (χ3v) is 2.05. The number of aliphatic carboxylic acids is 1. The van der Waals surface area contributed by atoms with Gasteiger partial charge in [-0.2, -0.15) is 8.78 Å². The Kier molecular flexibility index (Phi) is 5.04. The maximum atomic E-state index is 12.2. The van der Waals surface area contributed by atoms with Crippen LogP contribution in [0.5, 0.6) is 11.5 Å². The lowest BCUT2D eigenvalue weighted by Crippen LogP contribution is -2.29. The minimum atomic E-state index is -3.11. The van der Waals surface area contributed by atoms with Crippen molar-refractivity contribution in [2.45, 2.75) is 6.61 Å². The Morgan fingerprint density at radius 3 is 2.63 bits per heavy atom. The molecule has 0 aromatic heterocycles. The Morgan fingerprint density at radius 1 is 1.42 bits per heavy atom. The first-order valence-electron chi connectivity index (χ1n) is 5.07. The minimum absolute atomic E-state index is 0.206. The number of carboxylic acids is 1. The maximum Gasteiger partial charge on any atom is 0.387 e. The molecule has 0 radical (unpaired) electrons. The van der Waals surface area contributed by atoms with Crippen LogP contribution in [0.3, 0.4) is 0 Å². The number of hydrogen-bond donors (Lipinski definition) is 2. The second-order valence-electron chi connectivity index (χ2n) is 3.32. The van der Waals surface area contributed by atoms with Crippen LogP contribution in [0.2, 0.25) is 0 Å². The maximum absolute atomic E-state index is 12.2. The first-order valence-corrected chi connectivity index (χ1v) is 5.07. The molecule has 6 nitrogen and oxygen atoms in total. The van der Waals surface area contributed by atoms with Gasteiger partial charge in [0.25, 0.3) is 5.91 Å². The molecular formula is C11H11F2NO5. The van der Waals surface area contributed by atoms with Crippen LogP contribution in [-0.4, -0.2) is 37.2 Å². The number of halogens is 2. The molecule has 1 rings (SSSR count). The SMILES string of the molecule is COc1ccc(C(=O)NCC(=O)O)c(OC(F)F)c1. The number of methoxy groups -OCH3 is 1. The summed E-state index contributed by atoms with van der Waals surface area (Å²) in [5.41, 5.74) is -0.206. The van der Waals surface area contributed by atoms with Gasteiger partial charge in [0.1, 0.15) is 18.0 Å². The van der Waals surface area contributed by atoms with E-state index in [-0.39, 0.29) is 11.3 Å². The standard InChI is InChI=1S/C11H11F2NO5/c1-18-6-2-3-7(8(4-6)19-11(12)13)10(17)14-5-9(15)16/h2-4,11H,5H2,1H3,(H,14,17)(H,15,16). The van der Waals surface area contributed by atoms with E-state index in [1.54, 1.807) is 0 Å². The van der Waals surface area contributed by atoms with Crippen molar-refractivity contribution < 1.29 is 33.0 Å². The lowest BCUT2D eigenvalue weighted by molar-refractivity contribution is -0.135. The normalized spacial score (nSPS) is 10.1. The highest BCUT2D eigenvalue weighted by Gasteiger charge is 2.17. The van der Waals surface area contributed by atoms with Crippen molar-refractivity contribution in [2.75, 3.05) is 13.7 Å². The Morgan fingerprint density at radius 2 is 2.11 bits per heavy atom. The summed E-state index contributed by atoms with van der Waals surface area (Å²) in [6.07, 6.45) is 0. The van der Waals surface area contributed by atoms with Crippen molar-refractivity contribution in [1.82, 2.24) is 5.32 Å². The Bertz CT molecular complexity index is 478. The zero-order chi connectivity index (χ0) is 14.4. The molecule has 104 valence electrons. The number of ether oxygens (including phenoxy) is 2. The second kappa shape index (κ2) is 6.53. The summed E-state index contributed by atoms with van der Waals surface area (Å²) < 4.78 is 33.5. The van der Waals surface area contributed by atoms with E-state index < -0.39 is 30.8 Å². The summed E-state index contributed by atoms with van der Waals surface area (Å²) in [5.74, 6) is -2.25. The van der Waals surface area contributed by atoms with Gasteiger partial charge < -0.3 is 19.9 Å². The average Bonchev–Trinajstić information content (AvgIpc) is 2.35. The molecule has 0 atom stereocenters. The smallest absolute Gasteiger partial charge is 0.387 e. The van der Waals surface area contributed by atoms with Crippen LogP contribution in [0.1, 0.15) is 10.4 Å². The quantitative estimate of drug-likeness (QED) is 0.812. The van der Waals surface area contributed by atoms with Crippen molar-refractivity contribution in [3.63, 3.8) is 0 Å². The van der Waals surface area contributed by atoms with E-state index in [1.165, 1.54) is 19.2 Å². The van der Waals surface area contributed by atoms with Gasteiger partial charge in [-0.25, -0.2) is 0 Å². The number of carboxylic acid groups (broad SMARTS) is 1. The molecule has 0 fully saturated rings. The monoisotopic (exact) mass is 275 g/mol. The van der Waals surface area contributed by atoms with E-state index in [0.717, 1.165) is 6.07 Å². The lowest BCUT2D eigenvalue weighted by Gasteiger charge is -2.11. The molecule has 0 spiro atoms. The predicted molar refractivity (Wildman–Crippen MR) is 59.6 cm³/mol. The topological polar surface area (TPSA) is 84.9 Å². The molecule has 0 unspecified atom stereocenters. The number of nitrogens with one attached hydrogen (secondary N) is 1. The van der Waals surface area contributed by atoms with E-state index in [9.17, 15) is 18.4 Å². The zero-order valence-electron chi connectivity index (χ0n) is 9.85. The first kappa shape index (κ1) is 14.7. The van der Waals surface area contributed by atoms with E-state index in [4.69, 9.17) is 9.84 Å². The zero-order valence-corrected chi connectivity index (χ0v) is 9.85. The summed E-state index contributed by atoms with van der Waals surface area (Å²) in [6, 6.07) is 3.68. The van der Waals surface area contributed by atoms with E-state index in [2.05, 4.69) is 4.74 Å². The molecule has 0 heterocycles. The van der Waals surface area contributed by atoms with E-state index in [0.29, 0.717) is 0 Å². The van der Waals surface area contributed by atoms with Gasteiger partial charge in [0.2, 0.25) is 0 Å². The molecule has 0 aliphatic rings. The van der Waals surface area contributed by atoms with Crippen LogP contribution in [0.15, 0.2) is 18.2 Å². The molecule has 8 heteroatoms. The van der Waals surface area contributed by atoms with Crippen LogP contribution in [0.4, 0.5) is 8.78 Å². The fourth-order valence-corrected chi connectivity index (χ4v) is 1.26. The fraction of sp³-hybridized carbons (Fsp3) is 0.273. The van der Waals surface area contributed by atoms with Crippen LogP contribution >= 0.6 is 0 Å². The minimum Gasteiger partial charge on any atom is -0.497 e. The van der Waals surface area contributed by atoms with Crippen molar-refractivity contribution >= 4 is 11.9 Å². The molecule has 19 heavy (non-hydrogen) atoms. The molecule has 2 N–H and O–H groups in total. The number of carbonyl (C=O) groups excluding carboxylic acids is 1. The van der Waals surface area contributed by atoms with Crippen LogP contribution < -0.4 is 14.8 Å². The Balaban J connectivity index is 2.97. The third-order valence-electron chi connectivity index (χ3n) is 2.05. The number of alkyl halides is 2. The molecule has 1 amide bonds. The van der Waals surface area contributed by atoms with Gasteiger partial charge in [-0.1, -0.05) is 0 Å². The van der Waals surface area contributed by atoms with E-state index in [1.807, 2.05) is 5.32 Å². The van der Waals surface area contributed by atoms with Crippen molar-refractivity contribution in [2.24, 2.45) is 0 Å². The lowest BCUT2D eigenvalue weighted by atomic mass is 10.1. The summed E-state index contributed by atoms with van der Waals surface area (Å²) in [6.45, 7) is -3.74. The molecular weight excluding hydrogens is 264 g/mol. The number of benzene rings is 1. The van der Waals surface area contributed by atoms with Gasteiger partial charge in [0, 0.05) is 6.07 Å². The van der Waals surface area contributed by atoms with Crippen molar-refractivity contribution in [1.29, 1.82) is 0 Å². The molecule has 1 aromatic rings. The van der Waals surface area contributed by atoms with Crippen LogP contribution in [0.25, 0.3) is 0 Å². The largest absolute Gasteiger partial charge is 0.497 e. The summed E-state index contributed by atoms with van der Waals surface area (Å²) in [5, 5.41) is 10.5. The summed E-state index contributed by atoms with van der Waals surface area (Å²) in [4.78, 5) is 21.9. The first-order chi connectivity index (χ1) is 8.93. The molecule has 0 aliphatic heterocycles. The number of carbonyl (C=O) groups is 2. The van der Waals surface area contributed by atoms with Crippen LogP contribution in [0, 0.1) is 0 Å². The third kappa shape index (κ3) is 4.41. The molecule has 0 bridgehead atoms. The van der Waals surface area contributed by atoms with Gasteiger partial charge in [-0.3, -0.25) is 9.59 Å². The summed E-state index contributed by atoms with van der Waals surface area (Å²) >= 11 is 0. The van der Waals surface area contributed by atoms with Gasteiger partial charge >= 0.3 is 12.6 Å². The second-order valence-corrected chi connectivity index (χ2v) is 3.32. The predicted octanol–water partition coefficient (Wildman–Crippen LogP) is 1.11. The summed E-state index contributed by atoms with van der Waals surface area (Å²) in [7, 11) is 1.33. The molecule has 1 aromatic carbocycles. The average molecular weight is 275 g/mol. The van der Waals surface area contributed by atoms with Crippen LogP contribution in [-0.2, 0) is 4.79 Å². The molecule has 0 aliphatic carbocycles. The highest BCUT2D eigenvalue weighted by atomic mass is 19.3. The number of hydrogen-bond acceptors (Lipinski definition) is 4. The highest BCUT2D eigenvalue weighted by molar-refractivity contribution is 5.98. The Labute approximate surface area is 106 Å². The van der Waals surface area contributed by atoms with Gasteiger partial charge in [0.05, 0.1) is 12.7 Å². The molecule has 0 saturated carbocycles. The van der Waals surface area contributed by atoms with Crippen molar-refractivity contribution in [3.05, 3.63) is 23.8 Å². The highest BCUT2D eigenvalue weighted by Crippen LogP contribution is 2.26. The molecule has 0 saturated heterocycles. The van der Waals surface area contributed by atoms with Gasteiger partial charge in [-0.05, 0) is 12.1 Å².